The van der Waals surface area contributed by atoms with Gasteiger partial charge in [0.2, 0.25) is 0 Å². The van der Waals surface area contributed by atoms with Crippen molar-refractivity contribution in [1.29, 1.82) is 0 Å². The van der Waals surface area contributed by atoms with Crippen LogP contribution in [0.2, 0.25) is 5.02 Å². The number of benzene rings is 1. The van der Waals surface area contributed by atoms with Crippen LogP contribution in [0.5, 0.6) is 0 Å². The van der Waals surface area contributed by atoms with E-state index in [2.05, 4.69) is 5.32 Å². The van der Waals surface area contributed by atoms with E-state index in [-0.39, 0.29) is 24.0 Å². The van der Waals surface area contributed by atoms with Crippen molar-refractivity contribution in [1.82, 2.24) is 10.2 Å². The molecule has 1 aliphatic heterocycles. The molecule has 2 nitrogen and oxygen atoms in total. The lowest BCUT2D eigenvalue weighted by Gasteiger charge is -2.35. The molecule has 1 saturated heterocycles. The molecule has 1 aliphatic rings. The summed E-state index contributed by atoms with van der Waals surface area (Å²) in [6.45, 7) is 4.86. The van der Waals surface area contributed by atoms with Gasteiger partial charge in [-0.1, -0.05) is 31.4 Å². The SMILES string of the molecule is CCCC[C@@H](c1cc(C(F)(F)F)cc(Cl)c1F)N1CCNCC1.Cl. The minimum atomic E-state index is -4.54. The second-order valence-electron chi connectivity index (χ2n) is 5.80. The highest BCUT2D eigenvalue weighted by atomic mass is 35.5. The van der Waals surface area contributed by atoms with Gasteiger partial charge in [0.25, 0.3) is 0 Å². The van der Waals surface area contributed by atoms with E-state index in [1.165, 1.54) is 0 Å². The predicted molar refractivity (Wildman–Crippen MR) is 90.4 cm³/mol. The van der Waals surface area contributed by atoms with Crippen LogP contribution < -0.4 is 5.32 Å². The molecule has 1 heterocycles. The Kier molecular flexibility index (Phi) is 8.26. The molecule has 8 heteroatoms. The molecule has 1 atom stereocenters. The topological polar surface area (TPSA) is 15.3 Å². The maximum Gasteiger partial charge on any atom is 0.416 e. The van der Waals surface area contributed by atoms with Gasteiger partial charge in [-0.15, -0.1) is 12.4 Å². The molecule has 0 aliphatic carbocycles. The van der Waals surface area contributed by atoms with Gasteiger partial charge in [-0.05, 0) is 18.6 Å². The van der Waals surface area contributed by atoms with Crippen LogP contribution in [0.15, 0.2) is 12.1 Å². The molecule has 138 valence electrons. The largest absolute Gasteiger partial charge is 0.416 e. The molecule has 0 amide bonds. The van der Waals surface area contributed by atoms with Crippen LogP contribution in [0.3, 0.4) is 0 Å². The van der Waals surface area contributed by atoms with Crippen LogP contribution in [0, 0.1) is 5.82 Å². The number of alkyl halides is 3. The van der Waals surface area contributed by atoms with Crippen LogP contribution in [0.1, 0.15) is 43.4 Å². The molecule has 0 aromatic heterocycles. The van der Waals surface area contributed by atoms with Crippen molar-refractivity contribution in [2.24, 2.45) is 0 Å². The van der Waals surface area contributed by atoms with E-state index < -0.39 is 22.6 Å². The van der Waals surface area contributed by atoms with Crippen molar-refractivity contribution in [3.05, 3.63) is 34.1 Å². The molecule has 0 radical (unpaired) electrons. The second-order valence-corrected chi connectivity index (χ2v) is 6.21. The molecule has 24 heavy (non-hydrogen) atoms. The van der Waals surface area contributed by atoms with E-state index in [9.17, 15) is 17.6 Å². The Bertz CT molecular complexity index is 532. The predicted octanol–water partition coefficient (Wildman–Crippen LogP) is 5.06. The van der Waals surface area contributed by atoms with Gasteiger partial charge in [0.15, 0.2) is 0 Å². The summed E-state index contributed by atoms with van der Waals surface area (Å²) in [5.41, 5.74) is -0.837. The summed E-state index contributed by atoms with van der Waals surface area (Å²) >= 11 is 5.74. The number of rotatable bonds is 5. The average Bonchev–Trinajstić information content (AvgIpc) is 2.51. The summed E-state index contributed by atoms with van der Waals surface area (Å²) in [6, 6.07) is 1.20. The Hall–Kier alpha value is -0.560. The quantitative estimate of drug-likeness (QED) is 0.709. The first-order chi connectivity index (χ1) is 10.8. The van der Waals surface area contributed by atoms with Crippen molar-refractivity contribution < 1.29 is 17.6 Å². The number of nitrogens with zero attached hydrogens (tertiary/aromatic N) is 1. The van der Waals surface area contributed by atoms with Gasteiger partial charge in [-0.25, -0.2) is 4.39 Å². The molecule has 1 fully saturated rings. The Labute approximate surface area is 151 Å². The molecular formula is C16H22Cl2F4N2. The first-order valence-electron chi connectivity index (χ1n) is 7.85. The minimum Gasteiger partial charge on any atom is -0.314 e. The molecule has 0 unspecified atom stereocenters. The van der Waals surface area contributed by atoms with Gasteiger partial charge in [0.1, 0.15) is 5.82 Å². The zero-order chi connectivity index (χ0) is 17.0. The fraction of sp³-hybridized carbons (Fsp3) is 0.625. The molecule has 0 bridgehead atoms. The fourth-order valence-corrected chi connectivity index (χ4v) is 3.17. The first kappa shape index (κ1) is 21.5. The summed E-state index contributed by atoms with van der Waals surface area (Å²) < 4.78 is 53.6. The van der Waals surface area contributed by atoms with Crippen LogP contribution in [-0.2, 0) is 6.18 Å². The first-order valence-corrected chi connectivity index (χ1v) is 8.23. The average molecular weight is 389 g/mol. The molecule has 1 aromatic carbocycles. The van der Waals surface area contributed by atoms with E-state index >= 15 is 0 Å². The maximum absolute atomic E-state index is 14.5. The number of hydrogen-bond acceptors (Lipinski definition) is 2. The highest BCUT2D eigenvalue weighted by molar-refractivity contribution is 6.30. The van der Waals surface area contributed by atoms with Crippen molar-refractivity contribution in [2.45, 2.75) is 38.4 Å². The lowest BCUT2D eigenvalue weighted by atomic mass is 9.96. The Morgan fingerprint density at radius 3 is 2.42 bits per heavy atom. The van der Waals surface area contributed by atoms with Gasteiger partial charge in [-0.2, -0.15) is 13.2 Å². The molecule has 0 saturated carbocycles. The summed E-state index contributed by atoms with van der Waals surface area (Å²) in [5.74, 6) is -0.737. The third-order valence-corrected chi connectivity index (χ3v) is 4.44. The van der Waals surface area contributed by atoms with Crippen LogP contribution >= 0.6 is 24.0 Å². The van der Waals surface area contributed by atoms with E-state index in [0.29, 0.717) is 25.6 Å². The Morgan fingerprint density at radius 1 is 1.25 bits per heavy atom. The summed E-state index contributed by atoms with van der Waals surface area (Å²) in [7, 11) is 0. The van der Waals surface area contributed by atoms with Crippen LogP contribution in [0.4, 0.5) is 17.6 Å². The Morgan fingerprint density at radius 2 is 1.88 bits per heavy atom. The standard InChI is InChI=1S/C16H21ClF4N2.ClH/c1-2-3-4-14(23-7-5-22-6-8-23)12-9-11(16(19,20)21)10-13(17)15(12)18;/h9-10,14,22H,2-8H2,1H3;1H/t14-;/m0./s1. The van der Waals surface area contributed by atoms with Crippen molar-refractivity contribution in [3.63, 3.8) is 0 Å². The third-order valence-electron chi connectivity index (χ3n) is 4.17. The van der Waals surface area contributed by atoms with Crippen molar-refractivity contribution in [2.75, 3.05) is 26.2 Å². The minimum absolute atomic E-state index is 0. The number of hydrogen-bond donors (Lipinski definition) is 1. The van der Waals surface area contributed by atoms with Crippen LogP contribution in [0.25, 0.3) is 0 Å². The van der Waals surface area contributed by atoms with E-state index in [0.717, 1.165) is 32.0 Å². The highest BCUT2D eigenvalue weighted by Crippen LogP contribution is 2.38. The lowest BCUT2D eigenvalue weighted by Crippen LogP contribution is -2.45. The maximum atomic E-state index is 14.5. The van der Waals surface area contributed by atoms with E-state index in [1.54, 1.807) is 0 Å². The van der Waals surface area contributed by atoms with Crippen molar-refractivity contribution >= 4 is 24.0 Å². The summed E-state index contributed by atoms with van der Waals surface area (Å²) in [5, 5.41) is 2.73. The Balaban J connectivity index is 0.00000288. The van der Waals surface area contributed by atoms with Gasteiger partial charge in [0, 0.05) is 37.8 Å². The van der Waals surface area contributed by atoms with Crippen LogP contribution in [-0.4, -0.2) is 31.1 Å². The fourth-order valence-electron chi connectivity index (χ4n) is 2.94. The summed E-state index contributed by atoms with van der Waals surface area (Å²) in [4.78, 5) is 2.04. The van der Waals surface area contributed by atoms with Gasteiger partial charge < -0.3 is 5.32 Å². The van der Waals surface area contributed by atoms with E-state index in [4.69, 9.17) is 11.6 Å². The normalized spacial score (nSPS) is 17.4. The second kappa shape index (κ2) is 9.22. The smallest absolute Gasteiger partial charge is 0.314 e. The number of halogens is 6. The van der Waals surface area contributed by atoms with Gasteiger partial charge in [-0.3, -0.25) is 4.90 Å². The molecule has 0 spiro atoms. The number of unbranched alkanes of at least 4 members (excludes halogenated alkanes) is 1. The monoisotopic (exact) mass is 388 g/mol. The van der Waals surface area contributed by atoms with E-state index in [1.807, 2.05) is 11.8 Å². The lowest BCUT2D eigenvalue weighted by molar-refractivity contribution is -0.137. The zero-order valence-corrected chi connectivity index (χ0v) is 15.0. The highest BCUT2D eigenvalue weighted by Gasteiger charge is 2.34. The molecule has 1 aromatic rings. The number of nitrogens with one attached hydrogen (secondary N) is 1. The van der Waals surface area contributed by atoms with Gasteiger partial charge >= 0.3 is 6.18 Å². The zero-order valence-electron chi connectivity index (χ0n) is 13.4. The van der Waals surface area contributed by atoms with Gasteiger partial charge in [0.05, 0.1) is 10.6 Å². The molecular weight excluding hydrogens is 367 g/mol. The summed E-state index contributed by atoms with van der Waals surface area (Å²) in [6.07, 6.45) is -2.20. The van der Waals surface area contributed by atoms with Crippen molar-refractivity contribution in [3.8, 4) is 0 Å². The number of piperazine rings is 1. The third kappa shape index (κ3) is 5.22. The molecule has 2 rings (SSSR count). The molecule has 1 N–H and O–H groups in total.